The van der Waals surface area contributed by atoms with E-state index in [1.165, 1.54) is 42.5 Å². The molecule has 2 amide bonds. The third-order valence-corrected chi connectivity index (χ3v) is 5.11. The van der Waals surface area contributed by atoms with Crippen molar-refractivity contribution < 1.29 is 38.4 Å². The van der Waals surface area contributed by atoms with Crippen molar-refractivity contribution in [1.82, 2.24) is 0 Å². The third kappa shape index (κ3) is 7.39. The molecule has 0 saturated carbocycles. The summed E-state index contributed by atoms with van der Waals surface area (Å²) in [6.07, 6.45) is -3.28. The molecule has 0 aromatic heterocycles. The van der Waals surface area contributed by atoms with Gasteiger partial charge in [-0.15, -0.1) is 0 Å². The molecule has 158 valence electrons. The van der Waals surface area contributed by atoms with Gasteiger partial charge in [0.1, 0.15) is 0 Å². The third-order valence-electron chi connectivity index (χ3n) is 3.07. The topological polar surface area (TPSA) is 178 Å². The molecule has 0 heterocycles. The standard InChI is InChI=1S/C16H13N3O9S2/c17-11-10-12-6-4-5-9-14(12)19-16(21)27-30(24,25)28-29(22,23)26-15(20)18-13-7-2-1-3-8-13/h1-9H,10H2,(H,18,20)(H,19,21). The summed E-state index contributed by atoms with van der Waals surface area (Å²) in [5.74, 6) is 0. The first kappa shape index (κ1) is 22.6. The smallest absolute Gasteiger partial charge is 0.305 e. The number of rotatable bonds is 7. The molecule has 0 atom stereocenters. The maximum Gasteiger partial charge on any atom is 0.470 e. The Bertz CT molecular complexity index is 1170. The van der Waals surface area contributed by atoms with Gasteiger partial charge in [0, 0.05) is 11.4 Å². The number of nitrogens with zero attached hydrogens (tertiary/aromatic N) is 1. The largest absolute Gasteiger partial charge is 0.470 e. The van der Waals surface area contributed by atoms with Crippen LogP contribution < -0.4 is 10.6 Å². The van der Waals surface area contributed by atoms with Gasteiger partial charge >= 0.3 is 33.0 Å². The van der Waals surface area contributed by atoms with E-state index in [1.807, 2.05) is 16.7 Å². The minimum atomic E-state index is -5.47. The highest BCUT2D eigenvalue weighted by Gasteiger charge is 2.31. The van der Waals surface area contributed by atoms with Crippen molar-refractivity contribution in [2.24, 2.45) is 0 Å². The molecule has 2 aromatic carbocycles. The molecule has 2 rings (SSSR count). The molecule has 0 aliphatic rings. The van der Waals surface area contributed by atoms with E-state index in [1.54, 1.807) is 12.1 Å². The summed E-state index contributed by atoms with van der Waals surface area (Å²) in [5.41, 5.74) is 0.566. The SMILES string of the molecule is N#CCc1ccccc1NC(=O)OS(=O)(=O)OS(=O)(=O)OC(=O)Nc1ccccc1. The number of benzene rings is 2. The van der Waals surface area contributed by atoms with E-state index in [-0.39, 0.29) is 17.8 Å². The van der Waals surface area contributed by atoms with Crippen LogP contribution in [0.1, 0.15) is 5.56 Å². The van der Waals surface area contributed by atoms with E-state index >= 15 is 0 Å². The lowest BCUT2D eigenvalue weighted by Gasteiger charge is -2.10. The molecule has 0 saturated heterocycles. The van der Waals surface area contributed by atoms with Crippen molar-refractivity contribution in [3.63, 3.8) is 0 Å². The Morgan fingerprint density at radius 2 is 1.37 bits per heavy atom. The van der Waals surface area contributed by atoms with Crippen molar-refractivity contribution >= 4 is 44.4 Å². The molecule has 30 heavy (non-hydrogen) atoms. The van der Waals surface area contributed by atoms with Crippen molar-refractivity contribution in [2.45, 2.75) is 6.42 Å². The molecule has 0 bridgehead atoms. The van der Waals surface area contributed by atoms with Gasteiger partial charge in [-0.05, 0) is 23.8 Å². The lowest BCUT2D eigenvalue weighted by molar-refractivity contribution is 0.204. The number of para-hydroxylation sites is 2. The Hall–Kier alpha value is -3.67. The summed E-state index contributed by atoms with van der Waals surface area (Å²) in [4.78, 5) is 23.3. The molecule has 0 aliphatic heterocycles. The van der Waals surface area contributed by atoms with Gasteiger partial charge in [0.25, 0.3) is 0 Å². The Morgan fingerprint density at radius 1 is 0.833 bits per heavy atom. The van der Waals surface area contributed by atoms with Crippen molar-refractivity contribution in [2.75, 3.05) is 10.6 Å². The Labute approximate surface area is 171 Å². The van der Waals surface area contributed by atoms with E-state index in [0.717, 1.165) is 0 Å². The number of nitrogens with one attached hydrogen (secondary N) is 2. The van der Waals surface area contributed by atoms with Crippen LogP contribution in [0.15, 0.2) is 54.6 Å². The van der Waals surface area contributed by atoms with Crippen molar-refractivity contribution in [1.29, 1.82) is 5.26 Å². The van der Waals surface area contributed by atoms with Crippen molar-refractivity contribution in [3.8, 4) is 6.07 Å². The van der Waals surface area contributed by atoms with Crippen LogP contribution in [-0.4, -0.2) is 29.0 Å². The summed E-state index contributed by atoms with van der Waals surface area (Å²) in [7, 11) is -10.9. The van der Waals surface area contributed by atoms with Gasteiger partial charge in [-0.1, -0.05) is 40.0 Å². The van der Waals surface area contributed by atoms with Crippen LogP contribution in [0.5, 0.6) is 0 Å². The summed E-state index contributed by atoms with van der Waals surface area (Å²) < 4.78 is 58.0. The maximum absolute atomic E-state index is 11.7. The van der Waals surface area contributed by atoms with Gasteiger partial charge in [-0.25, -0.2) is 9.59 Å². The van der Waals surface area contributed by atoms with Gasteiger partial charge < -0.3 is 8.37 Å². The Balaban J connectivity index is 1.97. The lowest BCUT2D eigenvalue weighted by atomic mass is 10.1. The first-order valence-electron chi connectivity index (χ1n) is 7.82. The minimum absolute atomic E-state index is 0.0561. The molecule has 0 unspecified atom stereocenters. The van der Waals surface area contributed by atoms with Gasteiger partial charge in [-0.2, -0.15) is 22.1 Å². The highest BCUT2D eigenvalue weighted by Crippen LogP contribution is 2.16. The number of carbonyl (C=O) groups excluding carboxylic acids is 2. The van der Waals surface area contributed by atoms with Crippen LogP contribution in [0.3, 0.4) is 0 Å². The monoisotopic (exact) mass is 455 g/mol. The van der Waals surface area contributed by atoms with Gasteiger partial charge in [0.15, 0.2) is 0 Å². The molecule has 0 spiro atoms. The number of anilines is 2. The fraction of sp³-hybridized carbons (Fsp3) is 0.0625. The Morgan fingerprint density at radius 3 is 1.97 bits per heavy atom. The number of hydrogen-bond acceptors (Lipinski definition) is 10. The number of carbonyl (C=O) groups is 2. The molecular formula is C16H13N3O9S2. The highest BCUT2D eigenvalue weighted by molar-refractivity contribution is 7.95. The summed E-state index contributed by atoms with van der Waals surface area (Å²) >= 11 is 0. The van der Waals surface area contributed by atoms with Crippen LogP contribution in [-0.2, 0) is 39.2 Å². The highest BCUT2D eigenvalue weighted by atomic mass is 32.3. The lowest BCUT2D eigenvalue weighted by Crippen LogP contribution is -2.26. The van der Waals surface area contributed by atoms with E-state index in [4.69, 9.17) is 5.26 Å². The average Bonchev–Trinajstić information content (AvgIpc) is 2.62. The molecular weight excluding hydrogens is 442 g/mol. The van der Waals surface area contributed by atoms with E-state index < -0.39 is 33.0 Å². The number of amides is 2. The fourth-order valence-corrected chi connectivity index (χ4v) is 3.48. The van der Waals surface area contributed by atoms with Gasteiger partial charge in [0.05, 0.1) is 12.5 Å². The predicted molar refractivity (Wildman–Crippen MR) is 101 cm³/mol. The molecule has 0 radical (unpaired) electrons. The van der Waals surface area contributed by atoms with E-state index in [9.17, 15) is 26.4 Å². The van der Waals surface area contributed by atoms with Crippen LogP contribution in [0, 0.1) is 11.3 Å². The first-order valence-corrected chi connectivity index (χ1v) is 10.5. The van der Waals surface area contributed by atoms with Gasteiger partial charge in [0.2, 0.25) is 0 Å². The van der Waals surface area contributed by atoms with Gasteiger partial charge in [-0.3, -0.25) is 10.6 Å². The maximum atomic E-state index is 11.7. The Kier molecular flexibility index (Phi) is 7.31. The van der Waals surface area contributed by atoms with Crippen LogP contribution in [0.25, 0.3) is 0 Å². The second kappa shape index (κ2) is 9.69. The van der Waals surface area contributed by atoms with Crippen LogP contribution in [0.2, 0.25) is 0 Å². The summed E-state index contributed by atoms with van der Waals surface area (Å²) in [5, 5.41) is 12.8. The zero-order valence-electron chi connectivity index (χ0n) is 14.8. The zero-order valence-corrected chi connectivity index (χ0v) is 16.5. The zero-order chi connectivity index (χ0) is 22.2. The summed E-state index contributed by atoms with van der Waals surface area (Å²) in [6.45, 7) is 0. The first-order chi connectivity index (χ1) is 14.1. The fourth-order valence-electron chi connectivity index (χ4n) is 1.99. The molecule has 0 aliphatic carbocycles. The summed E-state index contributed by atoms with van der Waals surface area (Å²) in [6, 6.07) is 15.3. The number of nitriles is 1. The molecule has 2 aromatic rings. The normalized spacial score (nSPS) is 11.0. The quantitative estimate of drug-likeness (QED) is 0.627. The second-order valence-electron chi connectivity index (χ2n) is 5.23. The van der Waals surface area contributed by atoms with E-state index in [2.05, 4.69) is 12.0 Å². The molecule has 12 nitrogen and oxygen atoms in total. The predicted octanol–water partition coefficient (Wildman–Crippen LogP) is 2.06. The molecule has 0 fully saturated rings. The molecule has 2 N–H and O–H groups in total. The van der Waals surface area contributed by atoms with Crippen LogP contribution >= 0.6 is 0 Å². The minimum Gasteiger partial charge on any atom is -0.305 e. The number of hydrogen-bond donors (Lipinski definition) is 2. The van der Waals surface area contributed by atoms with Crippen LogP contribution in [0.4, 0.5) is 21.0 Å². The van der Waals surface area contributed by atoms with Crippen molar-refractivity contribution in [3.05, 3.63) is 60.2 Å². The van der Waals surface area contributed by atoms with E-state index in [0.29, 0.717) is 5.56 Å². The second-order valence-corrected chi connectivity index (χ2v) is 7.74. The average molecular weight is 455 g/mol. The molecule has 14 heteroatoms.